The van der Waals surface area contributed by atoms with Crippen molar-refractivity contribution in [1.29, 1.82) is 0 Å². The summed E-state index contributed by atoms with van der Waals surface area (Å²) in [5.41, 5.74) is 0. The second kappa shape index (κ2) is 33.3. The predicted molar refractivity (Wildman–Crippen MR) is 206 cm³/mol. The number of esters is 2. The Labute approximate surface area is 307 Å². The topological polar surface area (TPSA) is 108 Å². The number of nitrogens with zero attached hydrogens (tertiary/aromatic N) is 1. The lowest BCUT2D eigenvalue weighted by atomic mass is 10.0. The minimum atomic E-state index is -4.38. The molecule has 0 aliphatic rings. The number of carbonyl (C=O) groups is 2. The van der Waals surface area contributed by atoms with E-state index in [-0.39, 0.29) is 32.0 Å². The summed E-state index contributed by atoms with van der Waals surface area (Å²) in [4.78, 5) is 35.2. The minimum Gasteiger partial charge on any atom is -0.462 e. The van der Waals surface area contributed by atoms with Gasteiger partial charge >= 0.3 is 19.8 Å². The molecule has 50 heavy (non-hydrogen) atoms. The van der Waals surface area contributed by atoms with Crippen molar-refractivity contribution in [2.45, 2.75) is 174 Å². The van der Waals surface area contributed by atoms with Crippen LogP contribution in [0.25, 0.3) is 0 Å². The number of allylic oxidation sites excluding steroid dienone is 4. The van der Waals surface area contributed by atoms with Crippen LogP contribution in [-0.4, -0.2) is 74.9 Å². The average molecular weight is 731 g/mol. The molecule has 0 bridgehead atoms. The van der Waals surface area contributed by atoms with Gasteiger partial charge in [0.25, 0.3) is 0 Å². The minimum absolute atomic E-state index is 0.0242. The maximum absolute atomic E-state index is 12.6. The van der Waals surface area contributed by atoms with Crippen LogP contribution in [0.4, 0.5) is 0 Å². The first-order valence-corrected chi connectivity index (χ1v) is 21.6. The number of hydrogen-bond donors (Lipinski definition) is 1. The molecule has 0 aromatic heterocycles. The molecule has 2 unspecified atom stereocenters. The van der Waals surface area contributed by atoms with Crippen LogP contribution in [0.5, 0.6) is 0 Å². The molecule has 0 saturated carbocycles. The third kappa shape index (κ3) is 36.3. The molecule has 0 spiro atoms. The molecule has 2 atom stereocenters. The van der Waals surface area contributed by atoms with Crippen LogP contribution in [0.3, 0.4) is 0 Å². The Hall–Kier alpha value is -1.51. The van der Waals surface area contributed by atoms with Gasteiger partial charge < -0.3 is 18.9 Å². The van der Waals surface area contributed by atoms with Crippen molar-refractivity contribution in [3.8, 4) is 0 Å². The molecule has 10 heteroatoms. The molecule has 0 aromatic rings. The molecule has 0 saturated heterocycles. The van der Waals surface area contributed by atoms with Crippen LogP contribution in [0, 0.1) is 0 Å². The van der Waals surface area contributed by atoms with Crippen molar-refractivity contribution in [2.75, 3.05) is 47.5 Å². The van der Waals surface area contributed by atoms with Crippen LogP contribution < -0.4 is 0 Å². The largest absolute Gasteiger partial charge is 0.472 e. The van der Waals surface area contributed by atoms with E-state index in [0.717, 1.165) is 32.1 Å². The van der Waals surface area contributed by atoms with Gasteiger partial charge in [0.1, 0.15) is 19.8 Å². The van der Waals surface area contributed by atoms with Crippen LogP contribution in [0.2, 0.25) is 0 Å². The van der Waals surface area contributed by atoms with Gasteiger partial charge in [-0.25, -0.2) is 4.57 Å². The van der Waals surface area contributed by atoms with E-state index in [9.17, 15) is 19.0 Å². The lowest BCUT2D eigenvalue weighted by Gasteiger charge is -2.24. The fourth-order valence-electron chi connectivity index (χ4n) is 5.30. The molecule has 0 rings (SSSR count). The summed E-state index contributed by atoms with van der Waals surface area (Å²) >= 11 is 0. The third-order valence-electron chi connectivity index (χ3n) is 8.50. The number of quaternary nitrogens is 1. The number of likely N-dealkylation sites (N-methyl/N-ethyl adjacent to an activating group) is 1. The molecule has 294 valence electrons. The molecule has 0 aromatic carbocycles. The quantitative estimate of drug-likeness (QED) is 0.0223. The van der Waals surface area contributed by atoms with Crippen molar-refractivity contribution in [2.24, 2.45) is 0 Å². The first-order chi connectivity index (χ1) is 24.0. The highest BCUT2D eigenvalue weighted by Crippen LogP contribution is 2.43. The highest BCUT2D eigenvalue weighted by Gasteiger charge is 2.27. The maximum atomic E-state index is 12.6. The Morgan fingerprint density at radius 1 is 0.620 bits per heavy atom. The lowest BCUT2D eigenvalue weighted by molar-refractivity contribution is -0.870. The van der Waals surface area contributed by atoms with Gasteiger partial charge in [-0.15, -0.1) is 0 Å². The van der Waals surface area contributed by atoms with Gasteiger partial charge in [0, 0.05) is 12.8 Å². The summed E-state index contributed by atoms with van der Waals surface area (Å²) in [5, 5.41) is 0. The zero-order chi connectivity index (χ0) is 37.2. The van der Waals surface area contributed by atoms with Gasteiger partial charge in [-0.3, -0.25) is 18.6 Å². The molecule has 0 aliphatic carbocycles. The monoisotopic (exact) mass is 731 g/mol. The summed E-state index contributed by atoms with van der Waals surface area (Å²) in [6.07, 6.45) is 33.8. The summed E-state index contributed by atoms with van der Waals surface area (Å²) in [7, 11) is 1.45. The molecule has 0 aliphatic heterocycles. The summed E-state index contributed by atoms with van der Waals surface area (Å²) in [6, 6.07) is 0. The first kappa shape index (κ1) is 48.5. The Bertz CT molecular complexity index is 918. The standard InChI is InChI=1S/C40H76NO8P/c1-6-8-10-12-14-16-18-20-22-24-26-28-30-32-39(42)46-36-38(37-48-50(44,45)47-35-34-41(3,4)5)49-40(43)33-31-29-27-25-23-21-19-17-15-13-11-9-7-2/h21,23,27,29,38H,6-20,22,24-26,28,30-37H2,1-5H3/p+1/b23-21+,29-27+. The van der Waals surface area contributed by atoms with E-state index >= 15 is 0 Å². The van der Waals surface area contributed by atoms with E-state index in [0.29, 0.717) is 17.4 Å². The fourth-order valence-corrected chi connectivity index (χ4v) is 6.04. The Kier molecular flexibility index (Phi) is 32.3. The van der Waals surface area contributed by atoms with Crippen LogP contribution >= 0.6 is 7.82 Å². The normalized spacial score (nSPS) is 14.0. The highest BCUT2D eigenvalue weighted by atomic mass is 31.2. The van der Waals surface area contributed by atoms with Crippen molar-refractivity contribution in [1.82, 2.24) is 0 Å². The summed E-state index contributed by atoms with van der Waals surface area (Å²) in [5.74, 6) is -0.874. The fraction of sp³-hybridized carbons (Fsp3) is 0.850. The molecule has 1 N–H and O–H groups in total. The number of phosphoric acid groups is 1. The van der Waals surface area contributed by atoms with Crippen molar-refractivity contribution < 1.29 is 42.1 Å². The van der Waals surface area contributed by atoms with Gasteiger partial charge in [-0.2, -0.15) is 0 Å². The molecular formula is C40H77NO8P+. The highest BCUT2D eigenvalue weighted by molar-refractivity contribution is 7.47. The number of ether oxygens (including phenoxy) is 2. The second-order valence-electron chi connectivity index (χ2n) is 14.7. The van der Waals surface area contributed by atoms with Gasteiger partial charge in [-0.05, 0) is 32.1 Å². The van der Waals surface area contributed by atoms with Gasteiger partial charge in [0.05, 0.1) is 27.7 Å². The van der Waals surface area contributed by atoms with E-state index in [4.69, 9.17) is 18.5 Å². The number of phosphoric ester groups is 1. The number of unbranched alkanes of at least 4 members (excludes halogenated alkanes) is 18. The zero-order valence-electron chi connectivity index (χ0n) is 32.9. The van der Waals surface area contributed by atoms with E-state index in [1.165, 1.54) is 103 Å². The number of carbonyl (C=O) groups excluding carboxylic acids is 2. The van der Waals surface area contributed by atoms with Crippen molar-refractivity contribution in [3.05, 3.63) is 24.3 Å². The third-order valence-corrected chi connectivity index (χ3v) is 9.48. The summed E-state index contributed by atoms with van der Waals surface area (Å²) in [6.45, 7) is 4.34. The summed E-state index contributed by atoms with van der Waals surface area (Å²) < 4.78 is 34.1. The van der Waals surface area contributed by atoms with Crippen molar-refractivity contribution in [3.63, 3.8) is 0 Å². The lowest BCUT2D eigenvalue weighted by Crippen LogP contribution is -2.37. The van der Waals surface area contributed by atoms with Crippen LogP contribution in [0.15, 0.2) is 24.3 Å². The molecule has 0 radical (unpaired) electrons. The molecular weight excluding hydrogens is 653 g/mol. The van der Waals surface area contributed by atoms with E-state index in [2.05, 4.69) is 26.0 Å². The Morgan fingerprint density at radius 3 is 1.66 bits per heavy atom. The second-order valence-corrected chi connectivity index (χ2v) is 16.1. The molecule has 0 heterocycles. The van der Waals surface area contributed by atoms with Crippen molar-refractivity contribution >= 4 is 19.8 Å². The molecule has 9 nitrogen and oxygen atoms in total. The Balaban J connectivity index is 4.49. The smallest absolute Gasteiger partial charge is 0.462 e. The van der Waals surface area contributed by atoms with Crippen LogP contribution in [-0.2, 0) is 32.7 Å². The molecule has 0 amide bonds. The van der Waals surface area contributed by atoms with E-state index in [1.54, 1.807) is 0 Å². The SMILES string of the molecule is CCCCCCCC/C=C/C/C=C/CCC(=O)OC(COC(=O)CCCCCCCCCCCCCCC)COP(=O)(O)OCC[N+](C)(C)C. The maximum Gasteiger partial charge on any atom is 0.472 e. The van der Waals surface area contributed by atoms with Gasteiger partial charge in [0.2, 0.25) is 0 Å². The Morgan fingerprint density at radius 2 is 1.12 bits per heavy atom. The van der Waals surface area contributed by atoms with E-state index in [1.807, 2.05) is 33.3 Å². The molecule has 0 fully saturated rings. The number of hydrogen-bond acceptors (Lipinski definition) is 7. The zero-order valence-corrected chi connectivity index (χ0v) is 33.8. The average Bonchev–Trinajstić information content (AvgIpc) is 3.06. The first-order valence-electron chi connectivity index (χ1n) is 20.1. The predicted octanol–water partition coefficient (Wildman–Crippen LogP) is 10.8. The van der Waals surface area contributed by atoms with Gasteiger partial charge in [0.15, 0.2) is 6.10 Å². The van der Waals surface area contributed by atoms with Crippen LogP contribution in [0.1, 0.15) is 168 Å². The number of rotatable bonds is 36. The van der Waals surface area contributed by atoms with Gasteiger partial charge in [-0.1, -0.05) is 147 Å². The van der Waals surface area contributed by atoms with E-state index < -0.39 is 26.5 Å².